The molecule has 0 bridgehead atoms. The van der Waals surface area contributed by atoms with E-state index >= 15 is 0 Å². The van der Waals surface area contributed by atoms with Gasteiger partial charge in [0, 0.05) is 18.3 Å². The number of rotatable bonds is 5. The van der Waals surface area contributed by atoms with Gasteiger partial charge in [0.25, 0.3) is 5.91 Å². The van der Waals surface area contributed by atoms with Crippen molar-refractivity contribution in [2.24, 2.45) is 0 Å². The zero-order valence-corrected chi connectivity index (χ0v) is 15.7. The molecule has 1 atom stereocenters. The Kier molecular flexibility index (Phi) is 5.32. The van der Waals surface area contributed by atoms with Crippen molar-refractivity contribution in [3.05, 3.63) is 45.8 Å². The number of likely N-dealkylation sites (N-methyl/N-ethyl adjacent to an activating group) is 1. The van der Waals surface area contributed by atoms with Crippen molar-refractivity contribution in [2.75, 3.05) is 13.7 Å². The molecule has 1 heterocycles. The molecule has 0 spiro atoms. The van der Waals surface area contributed by atoms with Crippen molar-refractivity contribution in [3.63, 3.8) is 0 Å². The highest BCUT2D eigenvalue weighted by molar-refractivity contribution is 5.78. The monoisotopic (exact) mass is 329 g/mol. The summed E-state index contributed by atoms with van der Waals surface area (Å²) in [6.07, 6.45) is 0. The fourth-order valence-electron chi connectivity index (χ4n) is 2.97. The van der Waals surface area contributed by atoms with Crippen molar-refractivity contribution in [1.82, 2.24) is 15.1 Å². The third kappa shape index (κ3) is 3.45. The summed E-state index contributed by atoms with van der Waals surface area (Å²) in [6, 6.07) is 4.03. The lowest BCUT2D eigenvalue weighted by Crippen LogP contribution is -2.34. The van der Waals surface area contributed by atoms with E-state index in [0.29, 0.717) is 0 Å². The summed E-state index contributed by atoms with van der Waals surface area (Å²) in [6.45, 7) is 12.0. The standard InChI is InChI=1S/C19H27N3O2/c1-11-8-9-12(2)19(13(11)3)24-10-17(23)22(7)16(6)18-14(4)20-21-15(18)5/h8-9,16H,10H2,1-7H3,(H,20,21)/t16-/m1/s1. The van der Waals surface area contributed by atoms with E-state index < -0.39 is 0 Å². The third-order valence-electron chi connectivity index (χ3n) is 4.79. The maximum atomic E-state index is 12.6. The predicted octanol–water partition coefficient (Wildman–Crippen LogP) is 3.55. The Morgan fingerprint density at radius 2 is 1.83 bits per heavy atom. The summed E-state index contributed by atoms with van der Waals surface area (Å²) in [5, 5.41) is 7.18. The van der Waals surface area contributed by atoms with E-state index in [1.165, 1.54) is 0 Å². The second kappa shape index (κ2) is 7.07. The van der Waals surface area contributed by atoms with Crippen molar-refractivity contribution in [2.45, 2.75) is 47.6 Å². The van der Waals surface area contributed by atoms with Crippen LogP contribution in [-0.2, 0) is 4.79 Å². The fourth-order valence-corrected chi connectivity index (χ4v) is 2.97. The minimum absolute atomic E-state index is 0.0297. The molecule has 2 aromatic rings. The molecular weight excluding hydrogens is 302 g/mol. The summed E-state index contributed by atoms with van der Waals surface area (Å²) in [5.74, 6) is 0.753. The lowest BCUT2D eigenvalue weighted by molar-refractivity contribution is -0.134. The van der Waals surface area contributed by atoms with Crippen molar-refractivity contribution >= 4 is 5.91 Å². The molecule has 1 amide bonds. The Morgan fingerprint density at radius 3 is 2.42 bits per heavy atom. The molecule has 0 aliphatic carbocycles. The first-order chi connectivity index (χ1) is 11.2. The van der Waals surface area contributed by atoms with Crippen LogP contribution in [-0.4, -0.2) is 34.7 Å². The van der Waals surface area contributed by atoms with Gasteiger partial charge in [0.1, 0.15) is 5.75 Å². The molecule has 1 N–H and O–H groups in total. The van der Waals surface area contributed by atoms with Gasteiger partial charge < -0.3 is 9.64 Å². The number of carbonyl (C=O) groups excluding carboxylic acids is 1. The van der Waals surface area contributed by atoms with Crippen LogP contribution in [0.3, 0.4) is 0 Å². The topological polar surface area (TPSA) is 58.2 Å². The fraction of sp³-hybridized carbons (Fsp3) is 0.474. The number of amides is 1. The smallest absolute Gasteiger partial charge is 0.260 e. The lowest BCUT2D eigenvalue weighted by Gasteiger charge is -2.26. The van der Waals surface area contributed by atoms with Crippen LogP contribution in [0.1, 0.15) is 46.6 Å². The Hall–Kier alpha value is -2.30. The maximum absolute atomic E-state index is 12.6. The molecule has 0 fully saturated rings. The molecule has 130 valence electrons. The summed E-state index contributed by atoms with van der Waals surface area (Å²) in [4.78, 5) is 14.3. The number of nitrogens with one attached hydrogen (secondary N) is 1. The van der Waals surface area contributed by atoms with Gasteiger partial charge in [0.05, 0.1) is 11.7 Å². The normalized spacial score (nSPS) is 12.1. The molecule has 0 radical (unpaired) electrons. The predicted molar refractivity (Wildman–Crippen MR) is 95.4 cm³/mol. The summed E-state index contributed by atoms with van der Waals surface area (Å²) in [5.41, 5.74) is 6.27. The van der Waals surface area contributed by atoms with Gasteiger partial charge in [0.2, 0.25) is 0 Å². The number of carbonyl (C=O) groups is 1. The molecule has 2 rings (SSSR count). The van der Waals surface area contributed by atoms with Crippen LogP contribution < -0.4 is 4.74 Å². The number of benzene rings is 1. The Morgan fingerprint density at radius 1 is 1.21 bits per heavy atom. The van der Waals surface area contributed by atoms with Gasteiger partial charge in [-0.3, -0.25) is 9.89 Å². The molecule has 5 heteroatoms. The number of hydrogen-bond donors (Lipinski definition) is 1. The van der Waals surface area contributed by atoms with E-state index in [1.807, 2.05) is 47.6 Å². The van der Waals surface area contributed by atoms with Crippen LogP contribution in [0.4, 0.5) is 0 Å². The molecular formula is C19H27N3O2. The second-order valence-corrected chi connectivity index (χ2v) is 6.47. The Bertz CT molecular complexity index is 730. The van der Waals surface area contributed by atoms with Gasteiger partial charge in [0.15, 0.2) is 6.61 Å². The van der Waals surface area contributed by atoms with E-state index in [9.17, 15) is 4.79 Å². The first-order valence-corrected chi connectivity index (χ1v) is 8.20. The maximum Gasteiger partial charge on any atom is 0.260 e. The van der Waals surface area contributed by atoms with Crippen LogP contribution in [0.15, 0.2) is 12.1 Å². The molecule has 0 saturated heterocycles. The average molecular weight is 329 g/mol. The van der Waals surface area contributed by atoms with Crippen LogP contribution in [0.25, 0.3) is 0 Å². The highest BCUT2D eigenvalue weighted by atomic mass is 16.5. The number of H-pyrrole nitrogens is 1. The van der Waals surface area contributed by atoms with Gasteiger partial charge in [-0.2, -0.15) is 5.10 Å². The SMILES string of the molecule is Cc1ccc(C)c(OCC(=O)N(C)[C@H](C)c2c(C)n[nH]c2C)c1C. The Balaban J connectivity index is 2.09. The molecule has 1 aromatic carbocycles. The molecule has 24 heavy (non-hydrogen) atoms. The molecule has 1 aromatic heterocycles. The van der Waals surface area contributed by atoms with Crippen LogP contribution >= 0.6 is 0 Å². The number of aromatic amines is 1. The highest BCUT2D eigenvalue weighted by Crippen LogP contribution is 2.27. The minimum Gasteiger partial charge on any atom is -0.483 e. The third-order valence-corrected chi connectivity index (χ3v) is 4.79. The van der Waals surface area contributed by atoms with Crippen LogP contribution in [0.2, 0.25) is 0 Å². The first-order valence-electron chi connectivity index (χ1n) is 8.20. The number of nitrogens with zero attached hydrogens (tertiary/aromatic N) is 2. The van der Waals surface area contributed by atoms with Crippen molar-refractivity contribution in [1.29, 1.82) is 0 Å². The van der Waals surface area contributed by atoms with Gasteiger partial charge in [-0.05, 0) is 58.2 Å². The van der Waals surface area contributed by atoms with Crippen molar-refractivity contribution < 1.29 is 9.53 Å². The Labute approximate surface area is 144 Å². The summed E-state index contributed by atoms with van der Waals surface area (Å²) in [7, 11) is 1.80. The zero-order chi connectivity index (χ0) is 18.0. The van der Waals surface area contributed by atoms with E-state index in [4.69, 9.17) is 4.74 Å². The van der Waals surface area contributed by atoms with Gasteiger partial charge in [-0.1, -0.05) is 12.1 Å². The van der Waals surface area contributed by atoms with Crippen LogP contribution in [0.5, 0.6) is 5.75 Å². The van der Waals surface area contributed by atoms with E-state index in [1.54, 1.807) is 11.9 Å². The lowest BCUT2D eigenvalue weighted by atomic mass is 10.1. The van der Waals surface area contributed by atoms with Gasteiger partial charge >= 0.3 is 0 Å². The molecule has 0 saturated carbocycles. The van der Waals surface area contributed by atoms with E-state index in [2.05, 4.69) is 16.3 Å². The van der Waals surface area contributed by atoms with E-state index in [-0.39, 0.29) is 18.6 Å². The zero-order valence-electron chi connectivity index (χ0n) is 15.7. The van der Waals surface area contributed by atoms with Gasteiger partial charge in [-0.25, -0.2) is 0 Å². The average Bonchev–Trinajstić information content (AvgIpc) is 2.88. The van der Waals surface area contributed by atoms with Crippen LogP contribution in [0, 0.1) is 34.6 Å². The van der Waals surface area contributed by atoms with Crippen molar-refractivity contribution in [3.8, 4) is 5.75 Å². The quantitative estimate of drug-likeness (QED) is 0.912. The summed E-state index contributed by atoms with van der Waals surface area (Å²) >= 11 is 0. The first kappa shape index (κ1) is 18.0. The largest absolute Gasteiger partial charge is 0.483 e. The number of hydrogen-bond acceptors (Lipinski definition) is 3. The summed E-state index contributed by atoms with van der Waals surface area (Å²) < 4.78 is 5.84. The molecule has 0 aliphatic rings. The number of aryl methyl sites for hydroxylation is 4. The molecule has 0 unspecified atom stereocenters. The second-order valence-electron chi connectivity index (χ2n) is 6.47. The molecule has 0 aliphatic heterocycles. The highest BCUT2D eigenvalue weighted by Gasteiger charge is 2.23. The van der Waals surface area contributed by atoms with E-state index in [0.717, 1.165) is 39.4 Å². The van der Waals surface area contributed by atoms with Gasteiger partial charge in [-0.15, -0.1) is 0 Å². The minimum atomic E-state index is -0.0560. The molecule has 5 nitrogen and oxygen atoms in total. The number of ether oxygens (including phenoxy) is 1. The number of aromatic nitrogens is 2.